The summed E-state index contributed by atoms with van der Waals surface area (Å²) in [5, 5.41) is 13.2. The molecular formula is C13H28N2O. The maximum absolute atomic E-state index is 9.88. The Balaban J connectivity index is 2.09. The van der Waals surface area contributed by atoms with Gasteiger partial charge in [0.25, 0.3) is 0 Å². The topological polar surface area (TPSA) is 35.5 Å². The molecule has 0 amide bonds. The van der Waals surface area contributed by atoms with E-state index in [1.54, 1.807) is 0 Å². The summed E-state index contributed by atoms with van der Waals surface area (Å²) < 4.78 is 0. The van der Waals surface area contributed by atoms with E-state index < -0.39 is 0 Å². The number of hydrogen-bond donors (Lipinski definition) is 2. The highest BCUT2D eigenvalue weighted by Gasteiger charge is 2.30. The normalized spacial score (nSPS) is 20.4. The van der Waals surface area contributed by atoms with Crippen molar-refractivity contribution in [3.05, 3.63) is 0 Å². The lowest BCUT2D eigenvalue weighted by Crippen LogP contribution is -2.41. The third kappa shape index (κ3) is 5.28. The van der Waals surface area contributed by atoms with Crippen LogP contribution in [0.1, 0.15) is 33.6 Å². The molecule has 1 aliphatic carbocycles. The van der Waals surface area contributed by atoms with Gasteiger partial charge in [0.05, 0.1) is 6.10 Å². The molecule has 3 nitrogen and oxygen atoms in total. The number of aliphatic hydroxyl groups is 1. The van der Waals surface area contributed by atoms with Gasteiger partial charge in [0, 0.05) is 19.1 Å². The van der Waals surface area contributed by atoms with Gasteiger partial charge in [-0.05, 0) is 45.2 Å². The fraction of sp³-hybridized carbons (Fsp3) is 1.00. The number of nitrogens with zero attached hydrogens (tertiary/aromatic N) is 1. The molecule has 0 radical (unpaired) electrons. The van der Waals surface area contributed by atoms with E-state index in [0.717, 1.165) is 19.0 Å². The lowest BCUT2D eigenvalue weighted by Gasteiger charge is -2.27. The van der Waals surface area contributed by atoms with Crippen LogP contribution in [-0.2, 0) is 0 Å². The third-order valence-corrected chi connectivity index (χ3v) is 3.43. The molecule has 16 heavy (non-hydrogen) atoms. The number of nitrogens with one attached hydrogen (secondary N) is 1. The monoisotopic (exact) mass is 228 g/mol. The summed E-state index contributed by atoms with van der Waals surface area (Å²) in [4.78, 5) is 2.29. The van der Waals surface area contributed by atoms with Crippen LogP contribution in [-0.4, -0.2) is 48.8 Å². The molecule has 96 valence electrons. The third-order valence-electron chi connectivity index (χ3n) is 3.43. The van der Waals surface area contributed by atoms with Crippen LogP contribution in [0.2, 0.25) is 0 Å². The fourth-order valence-electron chi connectivity index (χ4n) is 2.04. The number of rotatable bonds is 8. The first-order valence-corrected chi connectivity index (χ1v) is 6.59. The first-order chi connectivity index (χ1) is 7.50. The van der Waals surface area contributed by atoms with Crippen molar-refractivity contribution in [2.24, 2.45) is 11.8 Å². The molecule has 1 aliphatic rings. The van der Waals surface area contributed by atoms with Gasteiger partial charge in [-0.1, -0.05) is 13.8 Å². The molecule has 2 N–H and O–H groups in total. The Morgan fingerprint density at radius 1 is 1.25 bits per heavy atom. The highest BCUT2D eigenvalue weighted by atomic mass is 16.3. The van der Waals surface area contributed by atoms with Crippen molar-refractivity contribution in [2.45, 2.75) is 45.8 Å². The first-order valence-electron chi connectivity index (χ1n) is 6.59. The van der Waals surface area contributed by atoms with Gasteiger partial charge < -0.3 is 15.3 Å². The largest absolute Gasteiger partial charge is 0.390 e. The van der Waals surface area contributed by atoms with Gasteiger partial charge in [-0.25, -0.2) is 0 Å². The molecule has 3 heteroatoms. The summed E-state index contributed by atoms with van der Waals surface area (Å²) in [5.74, 6) is 1.52. The zero-order valence-corrected chi connectivity index (χ0v) is 11.2. The van der Waals surface area contributed by atoms with Crippen LogP contribution in [0.4, 0.5) is 0 Å². The average Bonchev–Trinajstić information content (AvgIpc) is 2.98. The number of likely N-dealkylation sites (N-methyl/N-ethyl adjacent to an activating group) is 1. The minimum absolute atomic E-state index is 0.245. The van der Waals surface area contributed by atoms with Crippen LogP contribution in [0, 0.1) is 11.8 Å². The zero-order chi connectivity index (χ0) is 12.1. The molecule has 1 saturated carbocycles. The second-order valence-corrected chi connectivity index (χ2v) is 5.72. The molecule has 0 bridgehead atoms. The predicted octanol–water partition coefficient (Wildman–Crippen LogP) is 1.32. The van der Waals surface area contributed by atoms with Crippen molar-refractivity contribution in [1.29, 1.82) is 0 Å². The second-order valence-electron chi connectivity index (χ2n) is 5.72. The maximum atomic E-state index is 9.88. The van der Waals surface area contributed by atoms with Gasteiger partial charge in [0.2, 0.25) is 0 Å². The van der Waals surface area contributed by atoms with Gasteiger partial charge in [-0.2, -0.15) is 0 Å². The van der Waals surface area contributed by atoms with Crippen molar-refractivity contribution < 1.29 is 5.11 Å². The van der Waals surface area contributed by atoms with Crippen molar-refractivity contribution in [1.82, 2.24) is 10.2 Å². The molecule has 0 aliphatic heterocycles. The van der Waals surface area contributed by atoms with Crippen molar-refractivity contribution in [3.63, 3.8) is 0 Å². The molecule has 0 spiro atoms. The zero-order valence-electron chi connectivity index (χ0n) is 11.2. The van der Waals surface area contributed by atoms with E-state index in [-0.39, 0.29) is 6.10 Å². The number of aliphatic hydroxyl groups excluding tert-OH is 1. The molecule has 0 aromatic carbocycles. The fourth-order valence-corrected chi connectivity index (χ4v) is 2.04. The summed E-state index contributed by atoms with van der Waals surface area (Å²) in [6, 6.07) is 0.625. The Bertz CT molecular complexity index is 192. The molecular weight excluding hydrogens is 200 g/mol. The first kappa shape index (κ1) is 13.9. The number of hydrogen-bond acceptors (Lipinski definition) is 3. The molecule has 2 atom stereocenters. The van der Waals surface area contributed by atoms with E-state index in [4.69, 9.17) is 0 Å². The van der Waals surface area contributed by atoms with Gasteiger partial charge in [-0.15, -0.1) is 0 Å². The smallest absolute Gasteiger partial charge is 0.0791 e. The van der Waals surface area contributed by atoms with Crippen molar-refractivity contribution in [3.8, 4) is 0 Å². The van der Waals surface area contributed by atoms with Crippen LogP contribution in [0.15, 0.2) is 0 Å². The van der Waals surface area contributed by atoms with Crippen LogP contribution >= 0.6 is 0 Å². The Morgan fingerprint density at radius 2 is 1.88 bits per heavy atom. The molecule has 0 heterocycles. The Hall–Kier alpha value is -0.120. The lowest BCUT2D eigenvalue weighted by atomic mass is 10.1. The molecule has 0 aromatic heterocycles. The molecule has 1 fully saturated rings. The van der Waals surface area contributed by atoms with Crippen molar-refractivity contribution >= 4 is 0 Å². The maximum Gasteiger partial charge on any atom is 0.0791 e. The Morgan fingerprint density at radius 3 is 2.38 bits per heavy atom. The van der Waals surface area contributed by atoms with E-state index in [1.165, 1.54) is 12.8 Å². The lowest BCUT2D eigenvalue weighted by molar-refractivity contribution is 0.101. The van der Waals surface area contributed by atoms with E-state index in [2.05, 4.69) is 38.0 Å². The highest BCUT2D eigenvalue weighted by Crippen LogP contribution is 2.34. The van der Waals surface area contributed by atoms with Gasteiger partial charge in [-0.3, -0.25) is 0 Å². The van der Waals surface area contributed by atoms with E-state index in [1.807, 2.05) is 0 Å². The van der Waals surface area contributed by atoms with Gasteiger partial charge in [0.1, 0.15) is 0 Å². The Labute approximate surface area is 100 Å². The SMILES string of the molecule is CC(C)CNCC(O)CN(C)C(C)C1CC1. The van der Waals surface area contributed by atoms with Crippen LogP contribution in [0.3, 0.4) is 0 Å². The summed E-state index contributed by atoms with van der Waals surface area (Å²) in [6.07, 6.45) is 2.49. The van der Waals surface area contributed by atoms with Crippen molar-refractivity contribution in [2.75, 3.05) is 26.7 Å². The Kier molecular flexibility index (Phi) is 5.73. The highest BCUT2D eigenvalue weighted by molar-refractivity contribution is 4.84. The van der Waals surface area contributed by atoms with Gasteiger partial charge in [0.15, 0.2) is 0 Å². The molecule has 0 saturated heterocycles. The van der Waals surface area contributed by atoms with Crippen LogP contribution < -0.4 is 5.32 Å². The van der Waals surface area contributed by atoms with Crippen LogP contribution in [0.25, 0.3) is 0 Å². The second kappa shape index (κ2) is 6.58. The molecule has 2 unspecified atom stereocenters. The van der Waals surface area contributed by atoms with E-state index in [0.29, 0.717) is 18.5 Å². The van der Waals surface area contributed by atoms with E-state index in [9.17, 15) is 5.11 Å². The molecule has 0 aromatic rings. The summed E-state index contributed by atoms with van der Waals surface area (Å²) in [7, 11) is 2.12. The molecule has 1 rings (SSSR count). The van der Waals surface area contributed by atoms with Gasteiger partial charge >= 0.3 is 0 Å². The van der Waals surface area contributed by atoms with E-state index >= 15 is 0 Å². The predicted molar refractivity (Wildman–Crippen MR) is 68.5 cm³/mol. The average molecular weight is 228 g/mol. The summed E-state index contributed by atoms with van der Waals surface area (Å²) >= 11 is 0. The quantitative estimate of drug-likeness (QED) is 0.658. The summed E-state index contributed by atoms with van der Waals surface area (Å²) in [6.45, 7) is 9.11. The summed E-state index contributed by atoms with van der Waals surface area (Å²) in [5.41, 5.74) is 0. The standard InChI is InChI=1S/C13H28N2O/c1-10(2)7-14-8-13(16)9-15(4)11(3)12-5-6-12/h10-14,16H,5-9H2,1-4H3. The van der Waals surface area contributed by atoms with Crippen LogP contribution in [0.5, 0.6) is 0 Å². The minimum Gasteiger partial charge on any atom is -0.390 e. The minimum atomic E-state index is -0.245.